The SMILES string of the molecule is CCC(C(=O)Nc1ccc(Nc2nc(C)cc(N3CCCCC3)n2)cc1)c1ccccc1. The van der Waals surface area contributed by atoms with Crippen LogP contribution >= 0.6 is 0 Å². The molecule has 32 heavy (non-hydrogen) atoms. The van der Waals surface area contributed by atoms with Crippen molar-refractivity contribution >= 4 is 29.0 Å². The van der Waals surface area contributed by atoms with Gasteiger partial charge in [-0.15, -0.1) is 0 Å². The van der Waals surface area contributed by atoms with E-state index in [2.05, 4.69) is 20.5 Å². The molecule has 1 amide bonds. The summed E-state index contributed by atoms with van der Waals surface area (Å²) in [6.07, 6.45) is 4.46. The van der Waals surface area contributed by atoms with Crippen LogP contribution in [0.3, 0.4) is 0 Å². The molecule has 0 saturated carbocycles. The maximum Gasteiger partial charge on any atom is 0.231 e. The zero-order valence-electron chi connectivity index (χ0n) is 18.8. The van der Waals surface area contributed by atoms with Crippen molar-refractivity contribution in [2.45, 2.75) is 45.4 Å². The van der Waals surface area contributed by atoms with E-state index in [9.17, 15) is 4.79 Å². The van der Waals surface area contributed by atoms with E-state index < -0.39 is 0 Å². The lowest BCUT2D eigenvalue weighted by atomic mass is 9.95. The van der Waals surface area contributed by atoms with E-state index in [0.29, 0.717) is 5.95 Å². The standard InChI is InChI=1S/C26H31N5O/c1-3-23(20-10-6-4-7-11-20)25(32)28-21-12-14-22(15-13-21)29-26-27-19(2)18-24(30-26)31-16-8-5-9-17-31/h4,6-7,10-15,18,23H,3,5,8-9,16-17H2,1-2H3,(H,28,32)(H,27,29,30). The van der Waals surface area contributed by atoms with E-state index in [-0.39, 0.29) is 11.8 Å². The van der Waals surface area contributed by atoms with E-state index in [0.717, 1.165) is 48.0 Å². The summed E-state index contributed by atoms with van der Waals surface area (Å²) in [5, 5.41) is 6.34. The largest absolute Gasteiger partial charge is 0.356 e. The van der Waals surface area contributed by atoms with Gasteiger partial charge in [0.15, 0.2) is 0 Å². The molecule has 2 heterocycles. The van der Waals surface area contributed by atoms with Gasteiger partial charge in [0.05, 0.1) is 5.92 Å². The second kappa shape index (κ2) is 10.3. The monoisotopic (exact) mass is 429 g/mol. The molecule has 6 nitrogen and oxygen atoms in total. The smallest absolute Gasteiger partial charge is 0.231 e. The van der Waals surface area contributed by atoms with E-state index in [1.54, 1.807) is 0 Å². The zero-order valence-corrected chi connectivity index (χ0v) is 18.8. The van der Waals surface area contributed by atoms with Crippen molar-refractivity contribution in [2.24, 2.45) is 0 Å². The predicted octanol–water partition coefficient (Wildman–Crippen LogP) is 5.65. The first kappa shape index (κ1) is 21.8. The van der Waals surface area contributed by atoms with Crippen LogP contribution in [0.1, 0.15) is 49.8 Å². The summed E-state index contributed by atoms with van der Waals surface area (Å²) in [5.74, 6) is 1.42. The molecule has 0 spiro atoms. The third-order valence-corrected chi connectivity index (χ3v) is 5.86. The molecule has 0 radical (unpaired) electrons. The highest BCUT2D eigenvalue weighted by molar-refractivity contribution is 5.96. The van der Waals surface area contributed by atoms with Crippen molar-refractivity contribution in [3.05, 3.63) is 71.9 Å². The van der Waals surface area contributed by atoms with E-state index >= 15 is 0 Å². The predicted molar refractivity (Wildman–Crippen MR) is 131 cm³/mol. The number of carbonyl (C=O) groups is 1. The first-order valence-corrected chi connectivity index (χ1v) is 11.5. The average molecular weight is 430 g/mol. The van der Waals surface area contributed by atoms with E-state index in [4.69, 9.17) is 4.98 Å². The number of carbonyl (C=O) groups excluding carboxylic acids is 1. The molecule has 2 N–H and O–H groups in total. The summed E-state index contributed by atoms with van der Waals surface area (Å²) in [4.78, 5) is 24.4. The molecule has 1 saturated heterocycles. The molecule has 0 bridgehead atoms. The summed E-state index contributed by atoms with van der Waals surface area (Å²) < 4.78 is 0. The third-order valence-electron chi connectivity index (χ3n) is 5.86. The van der Waals surface area contributed by atoms with Crippen LogP contribution < -0.4 is 15.5 Å². The number of aryl methyl sites for hydroxylation is 1. The number of amides is 1. The van der Waals surface area contributed by atoms with Gasteiger partial charge in [-0.25, -0.2) is 4.98 Å². The second-order valence-electron chi connectivity index (χ2n) is 8.30. The van der Waals surface area contributed by atoms with Crippen LogP contribution in [0.4, 0.5) is 23.1 Å². The van der Waals surface area contributed by atoms with Gasteiger partial charge in [0.25, 0.3) is 0 Å². The average Bonchev–Trinajstić information content (AvgIpc) is 2.82. The van der Waals surface area contributed by atoms with Gasteiger partial charge >= 0.3 is 0 Å². The molecule has 2 aromatic carbocycles. The van der Waals surface area contributed by atoms with Crippen LogP contribution in [0.5, 0.6) is 0 Å². The van der Waals surface area contributed by atoms with Crippen molar-refractivity contribution in [2.75, 3.05) is 28.6 Å². The molecular weight excluding hydrogens is 398 g/mol. The van der Waals surface area contributed by atoms with Crippen molar-refractivity contribution in [3.8, 4) is 0 Å². The van der Waals surface area contributed by atoms with Gasteiger partial charge < -0.3 is 15.5 Å². The summed E-state index contributed by atoms with van der Waals surface area (Å²) in [6.45, 7) is 6.12. The summed E-state index contributed by atoms with van der Waals surface area (Å²) in [7, 11) is 0. The number of piperidine rings is 1. The first-order chi connectivity index (χ1) is 15.6. The topological polar surface area (TPSA) is 70.2 Å². The lowest BCUT2D eigenvalue weighted by Crippen LogP contribution is -2.30. The quantitative estimate of drug-likeness (QED) is 0.508. The maximum absolute atomic E-state index is 12.8. The molecule has 1 aromatic heterocycles. The second-order valence-corrected chi connectivity index (χ2v) is 8.30. The number of nitrogens with zero attached hydrogens (tertiary/aromatic N) is 3. The fraction of sp³-hybridized carbons (Fsp3) is 0.346. The lowest BCUT2D eigenvalue weighted by molar-refractivity contribution is -0.117. The Balaban J connectivity index is 1.42. The van der Waals surface area contributed by atoms with Gasteiger partial charge in [-0.05, 0) is 62.4 Å². The molecule has 0 aliphatic carbocycles. The van der Waals surface area contributed by atoms with Crippen LogP contribution in [-0.2, 0) is 4.79 Å². The lowest BCUT2D eigenvalue weighted by Gasteiger charge is -2.28. The van der Waals surface area contributed by atoms with Crippen molar-refractivity contribution in [3.63, 3.8) is 0 Å². The molecule has 4 rings (SSSR count). The molecule has 6 heteroatoms. The molecule has 1 unspecified atom stereocenters. The van der Waals surface area contributed by atoms with Crippen LogP contribution in [0.15, 0.2) is 60.7 Å². The minimum atomic E-state index is -0.164. The third kappa shape index (κ3) is 5.44. The van der Waals surface area contributed by atoms with Crippen molar-refractivity contribution in [1.82, 2.24) is 9.97 Å². The van der Waals surface area contributed by atoms with Crippen LogP contribution in [0.2, 0.25) is 0 Å². The van der Waals surface area contributed by atoms with Crippen LogP contribution in [-0.4, -0.2) is 29.0 Å². The Kier molecular flexibility index (Phi) is 7.00. The fourth-order valence-electron chi connectivity index (χ4n) is 4.15. The highest BCUT2D eigenvalue weighted by Gasteiger charge is 2.18. The van der Waals surface area contributed by atoms with Gasteiger partial charge in [0.1, 0.15) is 5.82 Å². The minimum absolute atomic E-state index is 0.00704. The Bertz CT molecular complexity index is 1030. The summed E-state index contributed by atoms with van der Waals surface area (Å²) in [6, 6.07) is 19.6. The normalized spacial score (nSPS) is 14.6. The van der Waals surface area contributed by atoms with E-state index in [1.807, 2.05) is 74.5 Å². The molecule has 166 valence electrons. The number of hydrogen-bond donors (Lipinski definition) is 2. The van der Waals surface area contributed by atoms with E-state index in [1.165, 1.54) is 19.3 Å². The molecular formula is C26H31N5O. The minimum Gasteiger partial charge on any atom is -0.356 e. The van der Waals surface area contributed by atoms with Gasteiger partial charge in [-0.2, -0.15) is 4.98 Å². The zero-order chi connectivity index (χ0) is 22.3. The summed E-state index contributed by atoms with van der Waals surface area (Å²) in [5.41, 5.74) is 3.63. The van der Waals surface area contributed by atoms with Crippen molar-refractivity contribution in [1.29, 1.82) is 0 Å². The summed E-state index contributed by atoms with van der Waals surface area (Å²) >= 11 is 0. The molecule has 3 aromatic rings. The first-order valence-electron chi connectivity index (χ1n) is 11.5. The number of hydrogen-bond acceptors (Lipinski definition) is 5. The molecule has 1 fully saturated rings. The number of benzene rings is 2. The fourth-order valence-corrected chi connectivity index (χ4v) is 4.15. The highest BCUT2D eigenvalue weighted by Crippen LogP contribution is 2.24. The van der Waals surface area contributed by atoms with Gasteiger partial charge in [-0.1, -0.05) is 37.3 Å². The Morgan fingerprint density at radius 1 is 0.969 bits per heavy atom. The van der Waals surface area contributed by atoms with Crippen LogP contribution in [0.25, 0.3) is 0 Å². The molecule has 1 aliphatic rings. The van der Waals surface area contributed by atoms with Gasteiger partial charge in [0.2, 0.25) is 11.9 Å². The Hall–Kier alpha value is -3.41. The van der Waals surface area contributed by atoms with Gasteiger partial charge in [0, 0.05) is 36.2 Å². The Labute approximate surface area is 190 Å². The number of aromatic nitrogens is 2. The number of anilines is 4. The Morgan fingerprint density at radius 2 is 1.66 bits per heavy atom. The highest BCUT2D eigenvalue weighted by atomic mass is 16.1. The number of rotatable bonds is 7. The molecule has 1 aliphatic heterocycles. The molecule has 1 atom stereocenters. The van der Waals surface area contributed by atoms with Crippen LogP contribution in [0, 0.1) is 6.92 Å². The Morgan fingerprint density at radius 3 is 2.34 bits per heavy atom. The maximum atomic E-state index is 12.8. The van der Waals surface area contributed by atoms with Gasteiger partial charge in [-0.3, -0.25) is 4.79 Å². The van der Waals surface area contributed by atoms with Crippen molar-refractivity contribution < 1.29 is 4.79 Å². The number of nitrogens with one attached hydrogen (secondary N) is 2.